The van der Waals surface area contributed by atoms with E-state index >= 15 is 0 Å². The lowest BCUT2D eigenvalue weighted by atomic mass is 10.0. The second-order valence-electron chi connectivity index (χ2n) is 9.34. The molecule has 0 saturated carbocycles. The molecule has 2 N–H and O–H groups in total. The van der Waals surface area contributed by atoms with Gasteiger partial charge in [0.05, 0.1) is 18.9 Å². The maximum atomic E-state index is 5.51. The average Bonchev–Trinajstić information content (AvgIpc) is 2.91. The summed E-state index contributed by atoms with van der Waals surface area (Å²) in [6.07, 6.45) is 3.33. The quantitative estimate of drug-likeness (QED) is 0.445. The number of pyridine rings is 1. The van der Waals surface area contributed by atoms with Gasteiger partial charge in [-0.3, -0.25) is 4.90 Å². The van der Waals surface area contributed by atoms with E-state index in [0.29, 0.717) is 5.11 Å². The van der Waals surface area contributed by atoms with E-state index in [-0.39, 0.29) is 0 Å². The lowest BCUT2D eigenvalue weighted by Gasteiger charge is -2.29. The van der Waals surface area contributed by atoms with Gasteiger partial charge in [-0.25, -0.2) is 4.98 Å². The van der Waals surface area contributed by atoms with Crippen LogP contribution < -0.4 is 15.5 Å². The van der Waals surface area contributed by atoms with Crippen LogP contribution in [-0.4, -0.2) is 54.4 Å². The van der Waals surface area contributed by atoms with Crippen molar-refractivity contribution in [3.63, 3.8) is 0 Å². The molecule has 3 aromatic rings. The fraction of sp³-hybridized carbons (Fsp3) is 0.310. The summed E-state index contributed by atoms with van der Waals surface area (Å²) in [5.74, 6) is 1.05. The van der Waals surface area contributed by atoms with Gasteiger partial charge in [-0.05, 0) is 73.1 Å². The summed E-state index contributed by atoms with van der Waals surface area (Å²) in [4.78, 5) is 9.74. The van der Waals surface area contributed by atoms with Gasteiger partial charge >= 0.3 is 0 Å². The van der Waals surface area contributed by atoms with Crippen molar-refractivity contribution >= 4 is 40.1 Å². The Kier molecular flexibility index (Phi) is 7.91. The molecule has 2 aliphatic rings. The molecule has 36 heavy (non-hydrogen) atoms. The standard InChI is InChI=1S/C29H33N5OS/c1-22-8-10-25(11-9-22)30-29(36)31-26-5-2-4-23(20-26)21-33-14-12-24(13-15-33)27-6-3-7-28(32-27)34-16-18-35-19-17-34/h2-12,20H,13-19,21H2,1H3,(H2,30,31,36). The van der Waals surface area contributed by atoms with Crippen molar-refractivity contribution in [2.45, 2.75) is 19.9 Å². The number of hydrogen-bond donors (Lipinski definition) is 2. The van der Waals surface area contributed by atoms with Crippen molar-refractivity contribution in [2.75, 3.05) is 54.9 Å². The molecule has 186 valence electrons. The number of hydrogen-bond acceptors (Lipinski definition) is 5. The van der Waals surface area contributed by atoms with Gasteiger partial charge < -0.3 is 20.3 Å². The van der Waals surface area contributed by atoms with Gasteiger partial charge in [0.2, 0.25) is 0 Å². The Labute approximate surface area is 219 Å². The Morgan fingerprint density at radius 2 is 1.72 bits per heavy atom. The highest BCUT2D eigenvalue weighted by Gasteiger charge is 2.17. The van der Waals surface area contributed by atoms with Crippen molar-refractivity contribution in [1.29, 1.82) is 0 Å². The molecule has 7 heteroatoms. The monoisotopic (exact) mass is 499 g/mol. The van der Waals surface area contributed by atoms with Gasteiger partial charge in [-0.1, -0.05) is 42.0 Å². The van der Waals surface area contributed by atoms with Gasteiger partial charge in [0, 0.05) is 44.1 Å². The Hall–Kier alpha value is -3.26. The maximum Gasteiger partial charge on any atom is 0.175 e. The van der Waals surface area contributed by atoms with Gasteiger partial charge in [0.25, 0.3) is 0 Å². The fourth-order valence-electron chi connectivity index (χ4n) is 4.59. The topological polar surface area (TPSA) is 52.7 Å². The molecule has 1 fully saturated rings. The van der Waals surface area contributed by atoms with Crippen LogP contribution >= 0.6 is 12.2 Å². The van der Waals surface area contributed by atoms with E-state index in [0.717, 1.165) is 75.2 Å². The third kappa shape index (κ3) is 6.49. The minimum atomic E-state index is 0.591. The van der Waals surface area contributed by atoms with Gasteiger partial charge in [-0.15, -0.1) is 0 Å². The van der Waals surface area contributed by atoms with E-state index in [1.165, 1.54) is 16.7 Å². The second kappa shape index (κ2) is 11.6. The molecule has 0 bridgehead atoms. The van der Waals surface area contributed by atoms with Crippen LogP contribution in [0.3, 0.4) is 0 Å². The van der Waals surface area contributed by atoms with Gasteiger partial charge in [0.15, 0.2) is 5.11 Å². The lowest BCUT2D eigenvalue weighted by Crippen LogP contribution is -2.36. The third-order valence-electron chi connectivity index (χ3n) is 6.59. The molecule has 3 heterocycles. The fourth-order valence-corrected chi connectivity index (χ4v) is 4.83. The number of nitrogens with zero attached hydrogens (tertiary/aromatic N) is 3. The third-order valence-corrected chi connectivity index (χ3v) is 6.80. The number of thiocarbonyl (C=S) groups is 1. The molecule has 0 spiro atoms. The number of nitrogens with one attached hydrogen (secondary N) is 2. The number of morpholine rings is 1. The zero-order valence-corrected chi connectivity index (χ0v) is 21.6. The molecule has 2 aliphatic heterocycles. The number of anilines is 3. The van der Waals surface area contributed by atoms with E-state index in [9.17, 15) is 0 Å². The minimum Gasteiger partial charge on any atom is -0.378 e. The van der Waals surface area contributed by atoms with Crippen molar-refractivity contribution in [1.82, 2.24) is 9.88 Å². The van der Waals surface area contributed by atoms with Crippen molar-refractivity contribution in [2.24, 2.45) is 0 Å². The molecule has 0 aliphatic carbocycles. The van der Waals surface area contributed by atoms with E-state index in [1.807, 2.05) is 18.2 Å². The molecule has 0 radical (unpaired) electrons. The van der Waals surface area contributed by atoms with Crippen LogP contribution in [0.5, 0.6) is 0 Å². The van der Waals surface area contributed by atoms with E-state index in [1.54, 1.807) is 0 Å². The smallest absolute Gasteiger partial charge is 0.175 e. The predicted molar refractivity (Wildman–Crippen MR) is 153 cm³/mol. The summed E-state index contributed by atoms with van der Waals surface area (Å²) in [5, 5.41) is 7.16. The molecule has 0 unspecified atom stereocenters. The Morgan fingerprint density at radius 1 is 0.944 bits per heavy atom. The van der Waals surface area contributed by atoms with Crippen LogP contribution in [0.2, 0.25) is 0 Å². The molecule has 1 aromatic heterocycles. The zero-order valence-electron chi connectivity index (χ0n) is 20.7. The number of aromatic nitrogens is 1. The van der Waals surface area contributed by atoms with Crippen molar-refractivity contribution in [3.8, 4) is 0 Å². The summed E-state index contributed by atoms with van der Waals surface area (Å²) in [7, 11) is 0. The first-order valence-electron chi connectivity index (χ1n) is 12.6. The number of benzene rings is 2. The summed E-state index contributed by atoms with van der Waals surface area (Å²) >= 11 is 5.51. The number of rotatable bonds is 6. The SMILES string of the molecule is Cc1ccc(NC(=S)Nc2cccc(CN3CC=C(c4cccc(N5CCOCC5)n4)CC3)c2)cc1. The van der Waals surface area contributed by atoms with E-state index in [2.05, 4.69) is 82.0 Å². The maximum absolute atomic E-state index is 5.51. The van der Waals surface area contributed by atoms with Crippen molar-refractivity contribution < 1.29 is 4.74 Å². The van der Waals surface area contributed by atoms with Crippen LogP contribution in [0.1, 0.15) is 23.2 Å². The average molecular weight is 500 g/mol. The molecule has 5 rings (SSSR count). The molecule has 0 amide bonds. The van der Waals surface area contributed by atoms with Crippen LogP contribution in [0, 0.1) is 6.92 Å². The van der Waals surface area contributed by atoms with Crippen LogP contribution in [0.4, 0.5) is 17.2 Å². The van der Waals surface area contributed by atoms with Crippen LogP contribution in [0.15, 0.2) is 72.8 Å². The highest BCUT2D eigenvalue weighted by Crippen LogP contribution is 2.25. The lowest BCUT2D eigenvalue weighted by molar-refractivity contribution is 0.122. The highest BCUT2D eigenvalue weighted by molar-refractivity contribution is 7.80. The Balaban J connectivity index is 1.16. The molecule has 1 saturated heterocycles. The first kappa shape index (κ1) is 24.4. The normalized spacial score (nSPS) is 16.4. The molecular formula is C29H33N5OS. The molecular weight excluding hydrogens is 466 g/mol. The zero-order chi connectivity index (χ0) is 24.7. The van der Waals surface area contributed by atoms with E-state index < -0.39 is 0 Å². The van der Waals surface area contributed by atoms with Crippen molar-refractivity contribution in [3.05, 3.63) is 89.6 Å². The van der Waals surface area contributed by atoms with E-state index in [4.69, 9.17) is 21.9 Å². The molecule has 2 aromatic carbocycles. The minimum absolute atomic E-state index is 0.591. The van der Waals surface area contributed by atoms with Gasteiger partial charge in [-0.2, -0.15) is 0 Å². The summed E-state index contributed by atoms with van der Waals surface area (Å²) in [6.45, 7) is 8.27. The van der Waals surface area contributed by atoms with Crippen LogP contribution in [-0.2, 0) is 11.3 Å². The summed E-state index contributed by atoms with van der Waals surface area (Å²) in [6, 6.07) is 23.1. The Bertz CT molecular complexity index is 1220. The first-order valence-corrected chi connectivity index (χ1v) is 13.0. The summed E-state index contributed by atoms with van der Waals surface area (Å²) in [5.41, 5.74) is 6.90. The number of aryl methyl sites for hydroxylation is 1. The Morgan fingerprint density at radius 3 is 2.50 bits per heavy atom. The highest BCUT2D eigenvalue weighted by atomic mass is 32.1. The number of ether oxygens (including phenoxy) is 1. The van der Waals surface area contributed by atoms with Gasteiger partial charge in [0.1, 0.15) is 5.82 Å². The second-order valence-corrected chi connectivity index (χ2v) is 9.75. The largest absolute Gasteiger partial charge is 0.378 e. The molecule has 0 atom stereocenters. The van der Waals surface area contributed by atoms with Crippen LogP contribution in [0.25, 0.3) is 5.57 Å². The molecule has 6 nitrogen and oxygen atoms in total. The first-order chi connectivity index (χ1) is 17.6. The summed E-state index contributed by atoms with van der Waals surface area (Å²) < 4.78 is 5.48. The predicted octanol–water partition coefficient (Wildman–Crippen LogP) is 5.32.